The molecule has 0 saturated heterocycles. The van der Waals surface area contributed by atoms with Gasteiger partial charge in [0.05, 0.1) is 23.3 Å². The highest BCUT2D eigenvalue weighted by Gasteiger charge is 2.58. The first-order valence-electron chi connectivity index (χ1n) is 12.2. The summed E-state index contributed by atoms with van der Waals surface area (Å²) >= 11 is 0. The molecule has 4 nitrogen and oxygen atoms in total. The molecule has 0 bridgehead atoms. The molecular formula is C32H27N3O. The number of likely N-dealkylation sites (N-methyl/N-ethyl adjacent to an activating group) is 1. The van der Waals surface area contributed by atoms with Gasteiger partial charge in [-0.3, -0.25) is 4.99 Å². The highest BCUT2D eigenvalue weighted by atomic mass is 16.5. The highest BCUT2D eigenvalue weighted by Crippen LogP contribution is 2.55. The summed E-state index contributed by atoms with van der Waals surface area (Å²) in [5, 5.41) is 12.2. The molecule has 1 unspecified atom stereocenters. The fraction of sp³-hybridized carbons (Fsp3) is 0.188. The fourth-order valence-electron chi connectivity index (χ4n) is 5.61. The van der Waals surface area contributed by atoms with Crippen molar-refractivity contribution < 1.29 is 4.74 Å². The van der Waals surface area contributed by atoms with Gasteiger partial charge in [-0.2, -0.15) is 5.26 Å². The van der Waals surface area contributed by atoms with Crippen molar-refractivity contribution in [3.8, 4) is 11.8 Å². The van der Waals surface area contributed by atoms with E-state index in [1.807, 2.05) is 55.6 Å². The maximum absolute atomic E-state index is 10.1. The molecule has 4 aromatic rings. The van der Waals surface area contributed by atoms with Gasteiger partial charge in [0.1, 0.15) is 5.69 Å². The molecular weight excluding hydrogens is 442 g/mol. The monoisotopic (exact) mass is 469 g/mol. The standard InChI is InChI=1S/C32H27N3O/c1-21-13-15-22(16-14-21)25(19-33)18-24-17-23-9-5-6-10-26(23)29-30(24)36-32(20-34-29)31(2,3)27-11-7-8-12-28(27)35(32)4/h5-18,20H,1-4H3. The molecule has 1 spiro atoms. The van der Waals surface area contributed by atoms with E-state index >= 15 is 0 Å². The average Bonchev–Trinajstić information content (AvgIpc) is 3.06. The lowest BCUT2D eigenvalue weighted by Gasteiger charge is -2.45. The van der Waals surface area contributed by atoms with Crippen molar-refractivity contribution in [2.75, 3.05) is 11.9 Å². The number of hydrogen-bond donors (Lipinski definition) is 0. The molecule has 0 amide bonds. The van der Waals surface area contributed by atoms with Crippen LogP contribution in [0.5, 0.6) is 5.75 Å². The van der Waals surface area contributed by atoms with Gasteiger partial charge < -0.3 is 9.64 Å². The second kappa shape index (κ2) is 7.83. The van der Waals surface area contributed by atoms with E-state index in [0.29, 0.717) is 11.3 Å². The SMILES string of the molecule is Cc1ccc(C(C#N)=Cc2cc3ccccc3c3c2OC2(C=N3)N(C)c3ccccc3C2(C)C)cc1. The van der Waals surface area contributed by atoms with Gasteiger partial charge in [0, 0.05) is 23.7 Å². The number of ether oxygens (including phenoxy) is 1. The van der Waals surface area contributed by atoms with Crippen molar-refractivity contribution in [3.63, 3.8) is 0 Å². The Labute approximate surface area is 211 Å². The maximum atomic E-state index is 10.1. The summed E-state index contributed by atoms with van der Waals surface area (Å²) < 4.78 is 7.05. The fourth-order valence-corrected chi connectivity index (χ4v) is 5.61. The van der Waals surface area contributed by atoms with Crippen LogP contribution in [-0.4, -0.2) is 19.0 Å². The van der Waals surface area contributed by atoms with Crippen molar-refractivity contribution in [2.24, 2.45) is 4.99 Å². The summed E-state index contributed by atoms with van der Waals surface area (Å²) in [7, 11) is 2.06. The first-order valence-corrected chi connectivity index (χ1v) is 12.2. The smallest absolute Gasteiger partial charge is 0.228 e. The molecule has 1 atom stereocenters. The molecule has 0 aliphatic carbocycles. The topological polar surface area (TPSA) is 48.6 Å². The largest absolute Gasteiger partial charge is 0.459 e. The van der Waals surface area contributed by atoms with Gasteiger partial charge in [-0.15, -0.1) is 0 Å². The molecule has 2 aliphatic rings. The summed E-state index contributed by atoms with van der Waals surface area (Å²) in [6.45, 7) is 6.45. The minimum absolute atomic E-state index is 0.360. The first-order chi connectivity index (χ1) is 17.4. The molecule has 6 rings (SSSR count). The Kier molecular flexibility index (Phi) is 4.81. The number of fused-ring (bicyclic) bond motifs is 4. The summed E-state index contributed by atoms with van der Waals surface area (Å²) in [6, 6.07) is 29.1. The molecule has 0 radical (unpaired) electrons. The van der Waals surface area contributed by atoms with Crippen molar-refractivity contribution in [3.05, 3.63) is 101 Å². The average molecular weight is 470 g/mol. The van der Waals surface area contributed by atoms with Gasteiger partial charge in [-0.25, -0.2) is 0 Å². The maximum Gasteiger partial charge on any atom is 0.228 e. The third-order valence-corrected chi connectivity index (χ3v) is 7.75. The molecule has 0 saturated carbocycles. The van der Waals surface area contributed by atoms with Crippen molar-refractivity contribution >= 4 is 40.0 Å². The third kappa shape index (κ3) is 3.03. The van der Waals surface area contributed by atoms with Gasteiger partial charge in [-0.1, -0.05) is 72.3 Å². The summed E-state index contributed by atoms with van der Waals surface area (Å²) in [6.07, 6.45) is 3.89. The second-order valence-electron chi connectivity index (χ2n) is 10.2. The summed E-state index contributed by atoms with van der Waals surface area (Å²) in [5.74, 6) is 0.698. The lowest BCUT2D eigenvalue weighted by Crippen LogP contribution is -2.61. The van der Waals surface area contributed by atoms with Crippen LogP contribution in [0.1, 0.15) is 36.1 Å². The highest BCUT2D eigenvalue weighted by molar-refractivity contribution is 6.04. The number of allylic oxidation sites excluding steroid dienone is 1. The second-order valence-corrected chi connectivity index (χ2v) is 10.2. The van der Waals surface area contributed by atoms with E-state index in [0.717, 1.165) is 38.8 Å². The molecule has 4 heteroatoms. The Morgan fingerprint density at radius 2 is 1.72 bits per heavy atom. The van der Waals surface area contributed by atoms with E-state index in [1.165, 1.54) is 5.56 Å². The molecule has 2 heterocycles. The molecule has 4 aromatic carbocycles. The van der Waals surface area contributed by atoms with E-state index in [9.17, 15) is 5.26 Å². The minimum Gasteiger partial charge on any atom is -0.459 e. The number of benzene rings is 4. The summed E-state index contributed by atoms with van der Waals surface area (Å²) in [5.41, 5.74) is 5.46. The van der Waals surface area contributed by atoms with Gasteiger partial charge in [0.2, 0.25) is 5.72 Å². The molecule has 0 aromatic heterocycles. The van der Waals surface area contributed by atoms with Crippen LogP contribution in [0.2, 0.25) is 0 Å². The molecule has 0 fully saturated rings. The zero-order valence-corrected chi connectivity index (χ0v) is 20.9. The van der Waals surface area contributed by atoms with Gasteiger partial charge in [0.15, 0.2) is 5.75 Å². The van der Waals surface area contributed by atoms with Crippen molar-refractivity contribution in [2.45, 2.75) is 31.9 Å². The van der Waals surface area contributed by atoms with E-state index < -0.39 is 5.72 Å². The molecule has 2 aliphatic heterocycles. The molecule has 0 N–H and O–H groups in total. The lowest BCUT2D eigenvalue weighted by atomic mass is 9.77. The van der Waals surface area contributed by atoms with Crippen molar-refractivity contribution in [1.82, 2.24) is 0 Å². The summed E-state index contributed by atoms with van der Waals surface area (Å²) in [4.78, 5) is 7.24. The normalized spacial score (nSPS) is 19.6. The zero-order chi connectivity index (χ0) is 25.1. The van der Waals surface area contributed by atoms with E-state index in [4.69, 9.17) is 9.73 Å². The molecule has 36 heavy (non-hydrogen) atoms. The van der Waals surface area contributed by atoms with Crippen LogP contribution in [0, 0.1) is 18.3 Å². The Bertz CT molecular complexity index is 1620. The quantitative estimate of drug-likeness (QED) is 0.227. The number of nitriles is 1. The Balaban J connectivity index is 1.58. The van der Waals surface area contributed by atoms with Gasteiger partial charge in [0.25, 0.3) is 0 Å². The van der Waals surface area contributed by atoms with Crippen LogP contribution in [-0.2, 0) is 5.41 Å². The number of aryl methyl sites for hydroxylation is 1. The third-order valence-electron chi connectivity index (χ3n) is 7.75. The van der Waals surface area contributed by atoms with Crippen LogP contribution in [0.4, 0.5) is 11.4 Å². The number of anilines is 1. The van der Waals surface area contributed by atoms with Crippen LogP contribution in [0.15, 0.2) is 83.9 Å². The van der Waals surface area contributed by atoms with Gasteiger partial charge >= 0.3 is 0 Å². The Morgan fingerprint density at radius 3 is 2.47 bits per heavy atom. The Hall–Kier alpha value is -4.36. The lowest BCUT2D eigenvalue weighted by molar-refractivity contribution is 0.0824. The molecule has 176 valence electrons. The van der Waals surface area contributed by atoms with Crippen LogP contribution in [0.3, 0.4) is 0 Å². The van der Waals surface area contributed by atoms with E-state index in [1.54, 1.807) is 0 Å². The van der Waals surface area contributed by atoms with E-state index in [-0.39, 0.29) is 5.41 Å². The predicted molar refractivity (Wildman–Crippen MR) is 148 cm³/mol. The van der Waals surface area contributed by atoms with E-state index in [2.05, 4.69) is 74.3 Å². The van der Waals surface area contributed by atoms with Crippen LogP contribution in [0.25, 0.3) is 22.4 Å². The first kappa shape index (κ1) is 22.1. The number of aliphatic imine (C=N–C) groups is 1. The number of rotatable bonds is 2. The minimum atomic E-state index is -0.800. The zero-order valence-electron chi connectivity index (χ0n) is 20.9. The van der Waals surface area contributed by atoms with Gasteiger partial charge in [-0.05, 0) is 55.5 Å². The number of nitrogens with zero attached hydrogens (tertiary/aromatic N) is 3. The predicted octanol–water partition coefficient (Wildman–Crippen LogP) is 7.43. The number of hydrogen-bond acceptors (Lipinski definition) is 4. The number of para-hydroxylation sites is 1. The van der Waals surface area contributed by atoms with Crippen LogP contribution < -0.4 is 9.64 Å². The Morgan fingerprint density at radius 1 is 1.00 bits per heavy atom. The van der Waals surface area contributed by atoms with Crippen LogP contribution >= 0.6 is 0 Å². The van der Waals surface area contributed by atoms with Crippen molar-refractivity contribution in [1.29, 1.82) is 5.26 Å².